The summed E-state index contributed by atoms with van der Waals surface area (Å²) in [5, 5.41) is 3.71. The lowest BCUT2D eigenvalue weighted by Crippen LogP contribution is -2.25. The summed E-state index contributed by atoms with van der Waals surface area (Å²) in [6, 6.07) is 5.37. The Balaban J connectivity index is 2.53. The summed E-state index contributed by atoms with van der Waals surface area (Å²) in [6.45, 7) is 2.16. The molecule has 3 heteroatoms. The molecule has 0 aromatic heterocycles. The molecule has 90 valence electrons. The van der Waals surface area contributed by atoms with Crippen LogP contribution in [-0.2, 0) is 6.42 Å². The monoisotopic (exact) mass is 243 g/mol. The molecule has 0 spiro atoms. The normalized spacial score (nSPS) is 12.8. The molecule has 1 atom stereocenters. The topological polar surface area (TPSA) is 12.0 Å². The summed E-state index contributed by atoms with van der Waals surface area (Å²) < 4.78 is 13.5. The van der Waals surface area contributed by atoms with Gasteiger partial charge in [0, 0.05) is 11.1 Å². The lowest BCUT2D eigenvalue weighted by molar-refractivity contribution is 0.478. The van der Waals surface area contributed by atoms with Crippen LogP contribution in [-0.4, -0.2) is 13.1 Å². The number of nitrogens with one attached hydrogen (secondary N) is 1. The van der Waals surface area contributed by atoms with Crippen LogP contribution in [0.3, 0.4) is 0 Å². The van der Waals surface area contributed by atoms with Crippen molar-refractivity contribution in [2.45, 2.75) is 38.6 Å². The maximum atomic E-state index is 13.5. The van der Waals surface area contributed by atoms with Gasteiger partial charge in [-0.25, -0.2) is 4.39 Å². The van der Waals surface area contributed by atoms with Crippen LogP contribution in [0, 0.1) is 5.82 Å². The molecule has 0 radical (unpaired) electrons. The second-order valence-electron chi connectivity index (χ2n) is 4.05. The molecule has 0 heterocycles. The first-order valence-corrected chi connectivity index (χ1v) is 6.16. The summed E-state index contributed by atoms with van der Waals surface area (Å²) in [7, 11) is 1.96. The molecule has 0 amide bonds. The highest BCUT2D eigenvalue weighted by Crippen LogP contribution is 2.17. The predicted molar refractivity (Wildman–Crippen MR) is 67.5 cm³/mol. The highest BCUT2D eigenvalue weighted by Gasteiger charge is 2.08. The van der Waals surface area contributed by atoms with E-state index in [0.29, 0.717) is 11.1 Å². The van der Waals surface area contributed by atoms with Gasteiger partial charge in [-0.05, 0) is 44.0 Å². The second kappa shape index (κ2) is 6.87. The van der Waals surface area contributed by atoms with E-state index < -0.39 is 0 Å². The number of rotatable bonds is 6. The molecule has 1 unspecified atom stereocenters. The van der Waals surface area contributed by atoms with E-state index in [1.807, 2.05) is 7.05 Å². The first kappa shape index (κ1) is 13.5. The highest BCUT2D eigenvalue weighted by atomic mass is 35.5. The van der Waals surface area contributed by atoms with E-state index in [-0.39, 0.29) is 5.82 Å². The van der Waals surface area contributed by atoms with Crippen molar-refractivity contribution >= 4 is 11.6 Å². The summed E-state index contributed by atoms with van der Waals surface area (Å²) in [5.41, 5.74) is 0.751. The van der Waals surface area contributed by atoms with Gasteiger partial charge in [0.25, 0.3) is 0 Å². The fourth-order valence-electron chi connectivity index (χ4n) is 1.84. The average molecular weight is 244 g/mol. The smallest absolute Gasteiger partial charge is 0.127 e. The lowest BCUT2D eigenvalue weighted by Gasteiger charge is -2.15. The second-order valence-corrected chi connectivity index (χ2v) is 4.49. The molecule has 0 saturated carbocycles. The minimum absolute atomic E-state index is 0.196. The average Bonchev–Trinajstić information content (AvgIpc) is 2.26. The predicted octanol–water partition coefficient (Wildman–Crippen LogP) is 3.80. The van der Waals surface area contributed by atoms with Crippen LogP contribution in [0.2, 0.25) is 5.02 Å². The minimum atomic E-state index is -0.196. The molecule has 1 rings (SSSR count). The maximum Gasteiger partial charge on any atom is 0.127 e. The molecule has 0 fully saturated rings. The van der Waals surface area contributed by atoms with E-state index in [0.717, 1.165) is 31.2 Å². The van der Waals surface area contributed by atoms with Gasteiger partial charge in [0.1, 0.15) is 5.82 Å². The van der Waals surface area contributed by atoms with Gasteiger partial charge in [0.2, 0.25) is 0 Å². The van der Waals surface area contributed by atoms with E-state index >= 15 is 0 Å². The molecule has 16 heavy (non-hydrogen) atoms. The number of halogens is 2. The largest absolute Gasteiger partial charge is 0.317 e. The van der Waals surface area contributed by atoms with Crippen molar-refractivity contribution in [2.24, 2.45) is 0 Å². The zero-order chi connectivity index (χ0) is 12.0. The quantitative estimate of drug-likeness (QED) is 0.802. The van der Waals surface area contributed by atoms with Crippen LogP contribution < -0.4 is 5.32 Å². The highest BCUT2D eigenvalue weighted by molar-refractivity contribution is 6.30. The zero-order valence-electron chi connectivity index (χ0n) is 9.89. The number of benzene rings is 1. The molecule has 1 aromatic rings. The van der Waals surface area contributed by atoms with Gasteiger partial charge in [0.15, 0.2) is 0 Å². The Morgan fingerprint density at radius 3 is 2.69 bits per heavy atom. The molecule has 0 aliphatic rings. The van der Waals surface area contributed by atoms with Gasteiger partial charge < -0.3 is 5.32 Å². The Bertz CT molecular complexity index is 328. The van der Waals surface area contributed by atoms with Crippen molar-refractivity contribution in [3.8, 4) is 0 Å². The molecule has 0 aliphatic carbocycles. The molecular weight excluding hydrogens is 225 g/mol. The zero-order valence-corrected chi connectivity index (χ0v) is 10.6. The number of hydrogen-bond acceptors (Lipinski definition) is 1. The molecule has 0 bridgehead atoms. The molecular formula is C13H19ClFN. The fraction of sp³-hybridized carbons (Fsp3) is 0.538. The summed E-state index contributed by atoms with van der Waals surface area (Å²) >= 11 is 5.70. The van der Waals surface area contributed by atoms with Crippen molar-refractivity contribution in [1.82, 2.24) is 5.32 Å². The van der Waals surface area contributed by atoms with Crippen LogP contribution in [0.4, 0.5) is 4.39 Å². The Hall–Kier alpha value is -0.600. The van der Waals surface area contributed by atoms with Crippen molar-refractivity contribution in [1.29, 1.82) is 0 Å². The Morgan fingerprint density at radius 1 is 1.38 bits per heavy atom. The fourth-order valence-corrected chi connectivity index (χ4v) is 1.99. The molecule has 1 aromatic carbocycles. The summed E-state index contributed by atoms with van der Waals surface area (Å²) in [6.07, 6.45) is 4.00. The number of hydrogen-bond donors (Lipinski definition) is 1. The van der Waals surface area contributed by atoms with Crippen molar-refractivity contribution in [3.63, 3.8) is 0 Å². The van der Waals surface area contributed by atoms with Crippen LogP contribution in [0.15, 0.2) is 18.2 Å². The molecule has 1 N–H and O–H groups in total. The van der Waals surface area contributed by atoms with Crippen LogP contribution in [0.5, 0.6) is 0 Å². The summed E-state index contributed by atoms with van der Waals surface area (Å²) in [5.74, 6) is -0.196. The van der Waals surface area contributed by atoms with Crippen LogP contribution in [0.1, 0.15) is 31.7 Å². The van der Waals surface area contributed by atoms with Crippen molar-refractivity contribution < 1.29 is 4.39 Å². The van der Waals surface area contributed by atoms with Gasteiger partial charge >= 0.3 is 0 Å². The van der Waals surface area contributed by atoms with Gasteiger partial charge in [-0.15, -0.1) is 0 Å². The molecule has 1 nitrogen and oxygen atoms in total. The molecule has 0 saturated heterocycles. The first-order valence-electron chi connectivity index (χ1n) is 5.78. The van der Waals surface area contributed by atoms with E-state index in [1.54, 1.807) is 12.1 Å². The van der Waals surface area contributed by atoms with E-state index in [2.05, 4.69) is 12.2 Å². The third-order valence-corrected chi connectivity index (χ3v) is 3.06. The van der Waals surface area contributed by atoms with Gasteiger partial charge in [0.05, 0.1) is 0 Å². The Kier molecular flexibility index (Phi) is 5.78. The Labute approximate surface area is 102 Å². The van der Waals surface area contributed by atoms with Crippen LogP contribution >= 0.6 is 11.6 Å². The van der Waals surface area contributed by atoms with E-state index in [9.17, 15) is 4.39 Å². The van der Waals surface area contributed by atoms with Gasteiger partial charge in [-0.3, -0.25) is 0 Å². The van der Waals surface area contributed by atoms with Crippen molar-refractivity contribution in [2.75, 3.05) is 7.05 Å². The minimum Gasteiger partial charge on any atom is -0.317 e. The standard InChI is InChI=1S/C13H19ClFN/c1-3-4-12(16-2)8-6-10-5-7-11(14)9-13(10)15/h5,7,9,12,16H,3-4,6,8H2,1-2H3. The van der Waals surface area contributed by atoms with Gasteiger partial charge in [-0.2, -0.15) is 0 Å². The SMILES string of the molecule is CCCC(CCc1ccc(Cl)cc1F)NC. The maximum absolute atomic E-state index is 13.5. The lowest BCUT2D eigenvalue weighted by atomic mass is 10.0. The van der Waals surface area contributed by atoms with E-state index in [4.69, 9.17) is 11.6 Å². The third-order valence-electron chi connectivity index (χ3n) is 2.82. The van der Waals surface area contributed by atoms with Crippen molar-refractivity contribution in [3.05, 3.63) is 34.6 Å². The Morgan fingerprint density at radius 2 is 2.12 bits per heavy atom. The number of aryl methyl sites for hydroxylation is 1. The van der Waals surface area contributed by atoms with Crippen LogP contribution in [0.25, 0.3) is 0 Å². The summed E-state index contributed by atoms with van der Waals surface area (Å²) in [4.78, 5) is 0. The van der Waals surface area contributed by atoms with Gasteiger partial charge in [-0.1, -0.05) is 31.0 Å². The first-order chi connectivity index (χ1) is 7.67. The third kappa shape index (κ3) is 4.11. The molecule has 0 aliphatic heterocycles. The van der Waals surface area contributed by atoms with E-state index in [1.165, 1.54) is 6.07 Å².